The van der Waals surface area contributed by atoms with Crippen LogP contribution in [-0.2, 0) is 15.0 Å². The van der Waals surface area contributed by atoms with Crippen LogP contribution in [0.5, 0.6) is 0 Å². The van der Waals surface area contributed by atoms with Crippen LogP contribution in [0.2, 0.25) is 0 Å². The van der Waals surface area contributed by atoms with Gasteiger partial charge in [0.25, 0.3) is 10.2 Å². The molecule has 0 aromatic rings. The molecule has 1 rings (SSSR count). The van der Waals surface area contributed by atoms with Crippen molar-refractivity contribution in [2.75, 3.05) is 32.7 Å². The Morgan fingerprint density at radius 2 is 1.76 bits per heavy atom. The Bertz CT molecular complexity index is 413. The molecule has 0 aromatic carbocycles. The Kier molecular flexibility index (Phi) is 7.58. The van der Waals surface area contributed by atoms with Gasteiger partial charge in [0.05, 0.1) is 0 Å². The molecule has 8 heteroatoms. The second-order valence-corrected chi connectivity index (χ2v) is 7.14. The smallest absolute Gasteiger partial charge is 0.277 e. The maximum Gasteiger partial charge on any atom is 0.277 e. The highest BCUT2D eigenvalue weighted by Gasteiger charge is 2.26. The minimum absolute atomic E-state index is 0.0993. The minimum atomic E-state index is -3.63. The molecule has 0 aliphatic carbocycles. The van der Waals surface area contributed by atoms with Gasteiger partial charge >= 0.3 is 0 Å². The van der Waals surface area contributed by atoms with Crippen LogP contribution >= 0.6 is 0 Å². The number of hydrogen-bond donors (Lipinski definition) is 2. The highest BCUT2D eigenvalue weighted by Crippen LogP contribution is 2.18. The van der Waals surface area contributed by atoms with Crippen LogP contribution in [0, 0.1) is 5.92 Å². The zero-order chi connectivity index (χ0) is 15.9. The molecule has 1 fully saturated rings. The van der Waals surface area contributed by atoms with Gasteiger partial charge < -0.3 is 10.6 Å². The first-order chi connectivity index (χ1) is 9.88. The normalized spacial score (nSPS) is 18.7. The van der Waals surface area contributed by atoms with E-state index in [-0.39, 0.29) is 19.0 Å². The second-order valence-electron chi connectivity index (χ2n) is 5.60. The van der Waals surface area contributed by atoms with Crippen LogP contribution in [0.3, 0.4) is 0 Å². The van der Waals surface area contributed by atoms with Gasteiger partial charge in [-0.15, -0.1) is 0 Å². The third-order valence-electron chi connectivity index (χ3n) is 3.99. The molecule has 1 atom stereocenters. The van der Waals surface area contributed by atoms with E-state index in [1.54, 1.807) is 4.90 Å². The van der Waals surface area contributed by atoms with Crippen molar-refractivity contribution in [1.29, 1.82) is 0 Å². The van der Waals surface area contributed by atoms with Crippen LogP contribution in [0.25, 0.3) is 0 Å². The summed E-state index contributed by atoms with van der Waals surface area (Å²) in [6.07, 6.45) is 4.54. The summed E-state index contributed by atoms with van der Waals surface area (Å²) < 4.78 is 23.6. The van der Waals surface area contributed by atoms with Crippen molar-refractivity contribution in [2.45, 2.75) is 39.0 Å². The number of nitrogens with zero attached hydrogens (tertiary/aromatic N) is 2. The first-order valence-corrected chi connectivity index (χ1v) is 9.14. The van der Waals surface area contributed by atoms with E-state index >= 15 is 0 Å². The molecule has 1 amide bonds. The van der Waals surface area contributed by atoms with Crippen LogP contribution in [0.4, 0.5) is 0 Å². The van der Waals surface area contributed by atoms with E-state index in [2.05, 4.69) is 6.92 Å². The molecule has 1 unspecified atom stereocenters. The first-order valence-electron chi connectivity index (χ1n) is 7.64. The van der Waals surface area contributed by atoms with Crippen LogP contribution in [-0.4, -0.2) is 56.3 Å². The molecule has 7 nitrogen and oxygen atoms in total. The highest BCUT2D eigenvalue weighted by atomic mass is 32.2. The molecule has 21 heavy (non-hydrogen) atoms. The van der Waals surface area contributed by atoms with E-state index in [1.807, 2.05) is 0 Å². The number of amides is 1. The lowest BCUT2D eigenvalue weighted by Crippen LogP contribution is -2.52. The molecule has 124 valence electrons. The summed E-state index contributed by atoms with van der Waals surface area (Å²) in [5.41, 5.74) is 5.60. The Hall–Kier alpha value is -0.700. The van der Waals surface area contributed by atoms with Crippen molar-refractivity contribution < 1.29 is 13.2 Å². The molecule has 4 N–H and O–H groups in total. The summed E-state index contributed by atoms with van der Waals surface area (Å²) in [7, 11) is -3.63. The number of hydrogen-bond acceptors (Lipinski definition) is 4. The molecule has 1 aliphatic rings. The fraction of sp³-hybridized carbons (Fsp3) is 0.923. The topological polar surface area (TPSA) is 110 Å². The van der Waals surface area contributed by atoms with E-state index in [4.69, 9.17) is 10.9 Å². The lowest BCUT2D eigenvalue weighted by atomic mass is 9.94. The van der Waals surface area contributed by atoms with Gasteiger partial charge in [-0.1, -0.05) is 19.8 Å². The monoisotopic (exact) mass is 320 g/mol. The van der Waals surface area contributed by atoms with Gasteiger partial charge in [0.15, 0.2) is 0 Å². The fourth-order valence-corrected chi connectivity index (χ4v) is 3.43. The van der Waals surface area contributed by atoms with Crippen molar-refractivity contribution in [3.63, 3.8) is 0 Å². The van der Waals surface area contributed by atoms with Crippen molar-refractivity contribution in [3.05, 3.63) is 0 Å². The molecule has 0 bridgehead atoms. The van der Waals surface area contributed by atoms with Crippen LogP contribution in [0.15, 0.2) is 0 Å². The van der Waals surface area contributed by atoms with E-state index in [9.17, 15) is 13.2 Å². The Balaban J connectivity index is 2.37. The molecule has 0 saturated carbocycles. The number of nitrogens with two attached hydrogens (primary N) is 2. The number of rotatable bonds is 8. The highest BCUT2D eigenvalue weighted by molar-refractivity contribution is 7.86. The Labute approximate surface area is 127 Å². The molecular weight excluding hydrogens is 292 g/mol. The lowest BCUT2D eigenvalue weighted by Gasteiger charge is -2.33. The van der Waals surface area contributed by atoms with E-state index in [0.717, 1.165) is 25.7 Å². The first kappa shape index (κ1) is 18.3. The second kappa shape index (κ2) is 8.67. The molecular formula is C13H28N4O3S. The van der Waals surface area contributed by atoms with Crippen molar-refractivity contribution >= 4 is 16.1 Å². The van der Waals surface area contributed by atoms with Crippen molar-refractivity contribution in [1.82, 2.24) is 9.21 Å². The van der Waals surface area contributed by atoms with Gasteiger partial charge in [-0.3, -0.25) is 4.79 Å². The predicted octanol–water partition coefficient (Wildman–Crippen LogP) is -0.121. The van der Waals surface area contributed by atoms with E-state index in [0.29, 0.717) is 32.0 Å². The summed E-state index contributed by atoms with van der Waals surface area (Å²) >= 11 is 0. The zero-order valence-corrected chi connectivity index (χ0v) is 13.6. The van der Waals surface area contributed by atoms with Gasteiger partial charge in [0, 0.05) is 32.6 Å². The largest absolute Gasteiger partial charge is 0.340 e. The quantitative estimate of drug-likeness (QED) is 0.649. The predicted molar refractivity (Wildman–Crippen MR) is 82.6 cm³/mol. The van der Waals surface area contributed by atoms with Gasteiger partial charge in [-0.25, -0.2) is 5.14 Å². The molecule has 1 heterocycles. The molecule has 0 spiro atoms. The summed E-state index contributed by atoms with van der Waals surface area (Å²) in [5, 5.41) is 5.08. The maximum atomic E-state index is 12.2. The Morgan fingerprint density at radius 1 is 1.14 bits per heavy atom. The summed E-state index contributed by atoms with van der Waals surface area (Å²) in [4.78, 5) is 13.9. The molecule has 0 aromatic heterocycles. The average molecular weight is 320 g/mol. The van der Waals surface area contributed by atoms with Gasteiger partial charge in [-0.2, -0.15) is 12.7 Å². The standard InChI is InChI=1S/C13H28N4O3S/c1-2-3-12(6-7-14)4-5-13(18)16-8-10-17(11-9-16)21(15,19)20/h12H,2-11,14H2,1H3,(H2,15,19,20). The maximum absolute atomic E-state index is 12.2. The third-order valence-corrected chi connectivity index (χ3v) is 5.07. The molecule has 1 saturated heterocycles. The summed E-state index contributed by atoms with van der Waals surface area (Å²) in [6, 6.07) is 0. The number of piperazine rings is 1. The van der Waals surface area contributed by atoms with E-state index < -0.39 is 10.2 Å². The zero-order valence-electron chi connectivity index (χ0n) is 12.8. The van der Waals surface area contributed by atoms with Gasteiger partial charge in [-0.05, 0) is 25.3 Å². The average Bonchev–Trinajstić information content (AvgIpc) is 2.44. The van der Waals surface area contributed by atoms with Crippen LogP contribution in [0.1, 0.15) is 39.0 Å². The third kappa shape index (κ3) is 6.29. The fourth-order valence-electron chi connectivity index (χ4n) is 2.75. The summed E-state index contributed by atoms with van der Waals surface area (Å²) in [5.74, 6) is 0.608. The molecule has 1 aliphatic heterocycles. The van der Waals surface area contributed by atoms with E-state index in [1.165, 1.54) is 4.31 Å². The molecule has 0 radical (unpaired) electrons. The van der Waals surface area contributed by atoms with Crippen molar-refractivity contribution in [3.8, 4) is 0 Å². The number of carbonyl (C=O) groups is 1. The minimum Gasteiger partial charge on any atom is -0.340 e. The SMILES string of the molecule is CCCC(CCN)CCC(=O)N1CCN(S(N)(=O)=O)CC1. The van der Waals surface area contributed by atoms with Crippen molar-refractivity contribution in [2.24, 2.45) is 16.8 Å². The van der Waals surface area contributed by atoms with Gasteiger partial charge in [0.2, 0.25) is 5.91 Å². The van der Waals surface area contributed by atoms with Crippen LogP contribution < -0.4 is 10.9 Å². The lowest BCUT2D eigenvalue weighted by molar-refractivity contribution is -0.132. The summed E-state index contributed by atoms with van der Waals surface area (Å²) in [6.45, 7) is 4.20. The number of carbonyl (C=O) groups excluding carboxylic acids is 1. The van der Waals surface area contributed by atoms with Gasteiger partial charge in [0.1, 0.15) is 0 Å². The Morgan fingerprint density at radius 3 is 2.24 bits per heavy atom.